The molecule has 13 nitrogen and oxygen atoms in total. The van der Waals surface area contributed by atoms with Crippen molar-refractivity contribution in [1.82, 2.24) is 16.0 Å². The predicted molar refractivity (Wildman–Crippen MR) is 118 cm³/mol. The zero-order valence-corrected chi connectivity index (χ0v) is 19.5. The molecule has 0 spiro atoms. The normalized spacial score (nSPS) is 15.3. The van der Waals surface area contributed by atoms with Crippen LogP contribution in [0, 0.1) is 5.92 Å². The number of nitrogens with two attached hydrogens (primary N) is 1. The van der Waals surface area contributed by atoms with Gasteiger partial charge in [-0.3, -0.25) is 19.2 Å². The second kappa shape index (κ2) is 15.1. The summed E-state index contributed by atoms with van der Waals surface area (Å²) < 4.78 is 0. The maximum atomic E-state index is 12.5. The molecule has 0 saturated carbocycles. The molecule has 0 aliphatic rings. The fraction of sp³-hybridized carbons (Fsp3) is 0.684. The van der Waals surface area contributed by atoms with E-state index in [1.807, 2.05) is 0 Å². The number of carboxylic acid groups (broad SMARTS) is 3. The fourth-order valence-corrected chi connectivity index (χ4v) is 3.53. The highest BCUT2D eigenvalue weighted by Gasteiger charge is 2.30. The van der Waals surface area contributed by atoms with Crippen molar-refractivity contribution in [3.05, 3.63) is 0 Å². The molecule has 33 heavy (non-hydrogen) atoms. The van der Waals surface area contributed by atoms with Gasteiger partial charge in [0.2, 0.25) is 17.7 Å². The van der Waals surface area contributed by atoms with Crippen LogP contribution in [0.1, 0.15) is 40.0 Å². The first kappa shape index (κ1) is 30.1. The van der Waals surface area contributed by atoms with E-state index in [2.05, 4.69) is 16.0 Å². The molecule has 0 aliphatic carbocycles. The highest BCUT2D eigenvalue weighted by atomic mass is 32.2. The van der Waals surface area contributed by atoms with Crippen molar-refractivity contribution in [1.29, 1.82) is 0 Å². The Hall–Kier alpha value is -2.87. The van der Waals surface area contributed by atoms with Gasteiger partial charge in [0.05, 0.1) is 0 Å². The maximum absolute atomic E-state index is 12.5. The summed E-state index contributed by atoms with van der Waals surface area (Å²) in [5.41, 5.74) is 5.34. The van der Waals surface area contributed by atoms with Gasteiger partial charge in [-0.1, -0.05) is 20.3 Å². The van der Waals surface area contributed by atoms with Gasteiger partial charge in [-0.05, 0) is 12.3 Å². The van der Waals surface area contributed by atoms with Gasteiger partial charge in [0.1, 0.15) is 24.2 Å². The zero-order valence-electron chi connectivity index (χ0n) is 18.7. The van der Waals surface area contributed by atoms with Gasteiger partial charge in [-0.2, -0.15) is 11.8 Å². The highest BCUT2D eigenvalue weighted by Crippen LogP contribution is 2.10. The largest absolute Gasteiger partial charge is 0.480 e. The minimum absolute atomic E-state index is 0.0618. The lowest BCUT2D eigenvalue weighted by atomic mass is 9.97. The second-order valence-corrected chi connectivity index (χ2v) is 8.52. The van der Waals surface area contributed by atoms with Gasteiger partial charge in [0, 0.05) is 24.9 Å². The van der Waals surface area contributed by atoms with Gasteiger partial charge in [-0.15, -0.1) is 0 Å². The number of nitrogens with one attached hydrogen (secondary N) is 3. The first-order chi connectivity index (χ1) is 15.3. The van der Waals surface area contributed by atoms with E-state index in [1.165, 1.54) is 6.92 Å². The summed E-state index contributed by atoms with van der Waals surface area (Å²) >= 11 is 0.932. The standard InChI is InChI=1S/C19H32N4O9S/c1-4-9(2)15(21-10(3)24)16(26)23-12(18(29)30)5-6-14(25)22-13(19(31)32)8-33-7-11(20)17(27)28/h9,11-13,15H,4-8,20H2,1-3H3,(H,21,24)(H,22,25)(H,23,26)(H,27,28)(H,29,30)(H,31,32)/t9?,11-,12+,13+,15-/m0/s1. The third kappa shape index (κ3) is 12.1. The Labute approximate surface area is 195 Å². The fourth-order valence-electron chi connectivity index (χ4n) is 2.54. The summed E-state index contributed by atoms with van der Waals surface area (Å²) in [7, 11) is 0. The lowest BCUT2D eigenvalue weighted by molar-refractivity contribution is -0.143. The molecule has 188 valence electrons. The average Bonchev–Trinajstić information content (AvgIpc) is 2.72. The van der Waals surface area contributed by atoms with Crippen LogP contribution in [-0.4, -0.2) is 86.6 Å². The molecule has 0 radical (unpaired) electrons. The van der Waals surface area contributed by atoms with Crippen LogP contribution >= 0.6 is 11.8 Å². The van der Waals surface area contributed by atoms with Gasteiger partial charge in [-0.25, -0.2) is 9.59 Å². The van der Waals surface area contributed by atoms with Crippen LogP contribution in [0.2, 0.25) is 0 Å². The molecule has 0 heterocycles. The van der Waals surface area contributed by atoms with Crippen LogP contribution < -0.4 is 21.7 Å². The third-order valence-corrected chi connectivity index (χ3v) is 5.83. The first-order valence-corrected chi connectivity index (χ1v) is 11.3. The van der Waals surface area contributed by atoms with E-state index in [0.29, 0.717) is 6.42 Å². The highest BCUT2D eigenvalue weighted by molar-refractivity contribution is 7.99. The minimum atomic E-state index is -1.44. The Morgan fingerprint density at radius 2 is 1.45 bits per heavy atom. The number of thioether (sulfide) groups is 1. The molecule has 3 amide bonds. The summed E-state index contributed by atoms with van der Waals surface area (Å²) in [5.74, 6) is -6.38. The summed E-state index contributed by atoms with van der Waals surface area (Å²) in [4.78, 5) is 69.6. The number of rotatable bonds is 16. The number of carboxylic acids is 3. The molecule has 0 aromatic carbocycles. The lowest BCUT2D eigenvalue weighted by Gasteiger charge is -2.25. The third-order valence-electron chi connectivity index (χ3n) is 4.66. The Balaban J connectivity index is 4.91. The van der Waals surface area contributed by atoms with Crippen LogP contribution in [0.15, 0.2) is 0 Å². The van der Waals surface area contributed by atoms with E-state index in [-0.39, 0.29) is 23.8 Å². The molecule has 1 unspecified atom stereocenters. The molecule has 0 aromatic rings. The first-order valence-electron chi connectivity index (χ1n) is 10.2. The van der Waals surface area contributed by atoms with Crippen molar-refractivity contribution in [2.24, 2.45) is 11.7 Å². The van der Waals surface area contributed by atoms with E-state index in [4.69, 9.17) is 10.8 Å². The smallest absolute Gasteiger partial charge is 0.327 e. The summed E-state index contributed by atoms with van der Waals surface area (Å²) in [6.45, 7) is 4.75. The summed E-state index contributed by atoms with van der Waals surface area (Å²) in [5, 5.41) is 34.4. The monoisotopic (exact) mass is 492 g/mol. The number of carbonyl (C=O) groups is 6. The van der Waals surface area contributed by atoms with Crippen LogP contribution in [0.25, 0.3) is 0 Å². The van der Waals surface area contributed by atoms with Crippen molar-refractivity contribution in [3.63, 3.8) is 0 Å². The quantitative estimate of drug-likeness (QED) is 0.133. The molecule has 0 saturated heterocycles. The van der Waals surface area contributed by atoms with E-state index < -0.39 is 66.2 Å². The van der Waals surface area contributed by atoms with E-state index in [1.54, 1.807) is 13.8 Å². The summed E-state index contributed by atoms with van der Waals surface area (Å²) in [6.07, 6.45) is -0.164. The number of amides is 3. The Bertz CT molecular complexity index is 734. The van der Waals surface area contributed by atoms with E-state index in [9.17, 15) is 39.0 Å². The van der Waals surface area contributed by atoms with Crippen molar-refractivity contribution >= 4 is 47.4 Å². The van der Waals surface area contributed by atoms with E-state index >= 15 is 0 Å². The Morgan fingerprint density at radius 1 is 0.879 bits per heavy atom. The van der Waals surface area contributed by atoms with Gasteiger partial charge < -0.3 is 37.0 Å². The maximum Gasteiger partial charge on any atom is 0.327 e. The van der Waals surface area contributed by atoms with Crippen molar-refractivity contribution < 1.29 is 44.1 Å². The van der Waals surface area contributed by atoms with Crippen LogP contribution in [0.5, 0.6) is 0 Å². The number of aliphatic carboxylic acids is 3. The SMILES string of the molecule is CCC(C)[C@H](NC(C)=O)C(=O)N[C@H](CCC(=O)N[C@H](CSC[C@H](N)C(=O)O)C(=O)O)C(=O)O. The molecule has 14 heteroatoms. The molecule has 0 bridgehead atoms. The molecule has 0 aliphatic heterocycles. The topological polar surface area (TPSA) is 225 Å². The van der Waals surface area contributed by atoms with Crippen molar-refractivity contribution in [3.8, 4) is 0 Å². The molecule has 0 aromatic heterocycles. The predicted octanol–water partition coefficient (Wildman–Crippen LogP) is -1.40. The number of hydrogen-bond donors (Lipinski definition) is 7. The Kier molecular flexibility index (Phi) is 13.7. The zero-order chi connectivity index (χ0) is 25.7. The number of carbonyl (C=O) groups excluding carboxylic acids is 3. The Morgan fingerprint density at radius 3 is 1.91 bits per heavy atom. The minimum Gasteiger partial charge on any atom is -0.480 e. The lowest BCUT2D eigenvalue weighted by Crippen LogP contribution is -2.54. The van der Waals surface area contributed by atoms with Gasteiger partial charge >= 0.3 is 17.9 Å². The molecule has 8 N–H and O–H groups in total. The second-order valence-electron chi connectivity index (χ2n) is 7.44. The van der Waals surface area contributed by atoms with E-state index in [0.717, 1.165) is 11.8 Å². The molecular weight excluding hydrogens is 460 g/mol. The average molecular weight is 493 g/mol. The number of hydrogen-bond acceptors (Lipinski definition) is 8. The van der Waals surface area contributed by atoms with Crippen LogP contribution in [0.4, 0.5) is 0 Å². The molecule has 0 fully saturated rings. The van der Waals surface area contributed by atoms with Gasteiger partial charge in [0.25, 0.3) is 0 Å². The van der Waals surface area contributed by atoms with Crippen molar-refractivity contribution in [2.75, 3.05) is 11.5 Å². The molecular formula is C19H32N4O9S. The van der Waals surface area contributed by atoms with Crippen LogP contribution in [-0.2, 0) is 28.8 Å². The van der Waals surface area contributed by atoms with Gasteiger partial charge in [0.15, 0.2) is 0 Å². The summed E-state index contributed by atoms with van der Waals surface area (Å²) in [6, 6.07) is -4.91. The van der Waals surface area contributed by atoms with Crippen LogP contribution in [0.3, 0.4) is 0 Å². The molecule has 5 atom stereocenters. The molecule has 0 rings (SSSR count). The van der Waals surface area contributed by atoms with Crippen molar-refractivity contribution in [2.45, 2.75) is 64.2 Å².